The molecule has 2 aromatic rings. The Hall–Kier alpha value is -1.78. The van der Waals surface area contributed by atoms with Crippen molar-refractivity contribution in [2.75, 3.05) is 0 Å². The van der Waals surface area contributed by atoms with Crippen molar-refractivity contribution < 1.29 is 8.78 Å². The van der Waals surface area contributed by atoms with E-state index in [1.54, 1.807) is 6.07 Å². The van der Waals surface area contributed by atoms with Gasteiger partial charge < -0.3 is 0 Å². The fourth-order valence-corrected chi connectivity index (χ4v) is 3.27. The van der Waals surface area contributed by atoms with Crippen LogP contribution >= 0.6 is 0 Å². The van der Waals surface area contributed by atoms with Crippen molar-refractivity contribution in [3.05, 3.63) is 70.8 Å². The Bertz CT molecular complexity index is 642. The van der Waals surface area contributed by atoms with E-state index in [-0.39, 0.29) is 12.0 Å². The van der Waals surface area contributed by atoms with E-state index in [0.717, 1.165) is 18.9 Å². The molecule has 0 aliphatic heterocycles. The van der Waals surface area contributed by atoms with Crippen molar-refractivity contribution in [3.8, 4) is 0 Å². The molecule has 2 aromatic carbocycles. The molecule has 21 heavy (non-hydrogen) atoms. The highest BCUT2D eigenvalue weighted by Crippen LogP contribution is 2.36. The Morgan fingerprint density at radius 3 is 2.76 bits per heavy atom. The maximum Gasteiger partial charge on any atom is 0.162 e. The van der Waals surface area contributed by atoms with E-state index in [0.29, 0.717) is 12.0 Å². The van der Waals surface area contributed by atoms with Gasteiger partial charge in [0.1, 0.15) is 0 Å². The van der Waals surface area contributed by atoms with Crippen LogP contribution in [0.4, 0.5) is 8.78 Å². The number of nitrogens with one attached hydrogen (secondary N) is 1. The van der Waals surface area contributed by atoms with Crippen LogP contribution in [0, 0.1) is 11.6 Å². The monoisotopic (exact) mass is 288 g/mol. The highest BCUT2D eigenvalue weighted by atomic mass is 19.2. The summed E-state index contributed by atoms with van der Waals surface area (Å²) in [6.07, 6.45) is 2.36. The lowest BCUT2D eigenvalue weighted by Crippen LogP contribution is -2.41. The number of halogens is 2. The number of rotatable bonds is 4. The second-order valence-corrected chi connectivity index (χ2v) is 5.53. The van der Waals surface area contributed by atoms with Crippen LogP contribution in [0.1, 0.15) is 29.0 Å². The van der Waals surface area contributed by atoms with Crippen LogP contribution in [0.15, 0.2) is 42.5 Å². The van der Waals surface area contributed by atoms with Gasteiger partial charge in [-0.1, -0.05) is 36.4 Å². The molecule has 0 bridgehead atoms. The molecule has 0 heterocycles. The number of benzene rings is 2. The number of fused-ring (bicyclic) bond motifs is 1. The second-order valence-electron chi connectivity index (χ2n) is 5.53. The van der Waals surface area contributed by atoms with Gasteiger partial charge in [-0.3, -0.25) is 11.3 Å². The fourth-order valence-electron chi connectivity index (χ4n) is 3.27. The minimum Gasteiger partial charge on any atom is -0.271 e. The topological polar surface area (TPSA) is 38.0 Å². The maximum atomic E-state index is 13.8. The summed E-state index contributed by atoms with van der Waals surface area (Å²) in [5.41, 5.74) is 5.74. The molecule has 4 heteroatoms. The molecule has 2 nitrogen and oxygen atoms in total. The average Bonchev–Trinajstić information content (AvgIpc) is 2.93. The highest BCUT2D eigenvalue weighted by Gasteiger charge is 2.29. The van der Waals surface area contributed by atoms with Crippen LogP contribution < -0.4 is 11.3 Å². The van der Waals surface area contributed by atoms with Gasteiger partial charge in [-0.25, -0.2) is 8.78 Å². The molecule has 0 saturated heterocycles. The molecule has 0 amide bonds. The predicted molar refractivity (Wildman–Crippen MR) is 78.7 cm³/mol. The summed E-state index contributed by atoms with van der Waals surface area (Å²) in [7, 11) is 0. The zero-order chi connectivity index (χ0) is 14.8. The Balaban J connectivity index is 1.85. The van der Waals surface area contributed by atoms with Crippen molar-refractivity contribution in [2.24, 2.45) is 5.84 Å². The summed E-state index contributed by atoms with van der Waals surface area (Å²) < 4.78 is 27.2. The van der Waals surface area contributed by atoms with Gasteiger partial charge in [-0.05, 0) is 42.0 Å². The average molecular weight is 288 g/mol. The second kappa shape index (κ2) is 5.92. The number of hydrogen-bond acceptors (Lipinski definition) is 2. The van der Waals surface area contributed by atoms with Gasteiger partial charge in [0.2, 0.25) is 0 Å². The van der Waals surface area contributed by atoms with Gasteiger partial charge in [0, 0.05) is 12.0 Å². The molecule has 0 spiro atoms. The molecule has 0 fully saturated rings. The Labute approximate surface area is 122 Å². The molecule has 2 atom stereocenters. The number of hydrazine groups is 1. The standard InChI is InChI=1S/C17H18F2N2/c18-15-7-3-5-12(17(15)19)10-16(21-20)14-9-8-11-4-1-2-6-13(11)14/h1-7,14,16,21H,8-10,20H2. The third-order valence-electron chi connectivity index (χ3n) is 4.35. The predicted octanol–water partition coefficient (Wildman–Crippen LogP) is 3.07. The van der Waals surface area contributed by atoms with Crippen molar-refractivity contribution in [3.63, 3.8) is 0 Å². The smallest absolute Gasteiger partial charge is 0.162 e. The normalized spacial score (nSPS) is 18.5. The van der Waals surface area contributed by atoms with Crippen molar-refractivity contribution in [2.45, 2.75) is 31.2 Å². The molecule has 1 aliphatic rings. The molecule has 3 rings (SSSR count). The molecular weight excluding hydrogens is 270 g/mol. The summed E-state index contributed by atoms with van der Waals surface area (Å²) in [5, 5.41) is 0. The first kappa shape index (κ1) is 14.2. The first-order valence-corrected chi connectivity index (χ1v) is 7.17. The van der Waals surface area contributed by atoms with Crippen LogP contribution in [0.2, 0.25) is 0 Å². The Kier molecular flexibility index (Phi) is 3.99. The summed E-state index contributed by atoms with van der Waals surface area (Å²) in [6.45, 7) is 0. The third-order valence-corrected chi connectivity index (χ3v) is 4.35. The minimum absolute atomic E-state index is 0.107. The number of nitrogens with two attached hydrogens (primary N) is 1. The first-order valence-electron chi connectivity index (χ1n) is 7.17. The van der Waals surface area contributed by atoms with Crippen LogP contribution in [0.3, 0.4) is 0 Å². The minimum atomic E-state index is -0.810. The third kappa shape index (κ3) is 2.69. The van der Waals surface area contributed by atoms with E-state index in [2.05, 4.69) is 17.6 Å². The molecule has 2 unspecified atom stereocenters. The van der Waals surface area contributed by atoms with Crippen molar-refractivity contribution >= 4 is 0 Å². The van der Waals surface area contributed by atoms with E-state index in [9.17, 15) is 8.78 Å². The van der Waals surface area contributed by atoms with Gasteiger partial charge in [0.15, 0.2) is 11.6 Å². The molecule has 0 radical (unpaired) electrons. The van der Waals surface area contributed by atoms with Crippen LogP contribution in [-0.4, -0.2) is 6.04 Å². The lowest BCUT2D eigenvalue weighted by molar-refractivity contribution is 0.421. The van der Waals surface area contributed by atoms with Crippen LogP contribution in [0.5, 0.6) is 0 Å². The van der Waals surface area contributed by atoms with E-state index in [1.165, 1.54) is 17.2 Å². The Morgan fingerprint density at radius 1 is 1.14 bits per heavy atom. The first-order chi connectivity index (χ1) is 10.2. The molecule has 0 aromatic heterocycles. The molecule has 3 N–H and O–H groups in total. The van der Waals surface area contributed by atoms with Crippen molar-refractivity contribution in [1.82, 2.24) is 5.43 Å². The summed E-state index contributed by atoms with van der Waals surface area (Å²) >= 11 is 0. The SMILES string of the molecule is NNC(Cc1cccc(F)c1F)C1CCc2ccccc21. The molecular formula is C17H18F2N2. The Morgan fingerprint density at radius 2 is 1.95 bits per heavy atom. The lowest BCUT2D eigenvalue weighted by atomic mass is 9.89. The summed E-state index contributed by atoms with van der Waals surface area (Å²) in [5.74, 6) is 4.33. The molecule has 110 valence electrons. The van der Waals surface area contributed by atoms with Crippen LogP contribution in [0.25, 0.3) is 0 Å². The highest BCUT2D eigenvalue weighted by molar-refractivity contribution is 5.36. The van der Waals surface area contributed by atoms with Gasteiger partial charge >= 0.3 is 0 Å². The van der Waals surface area contributed by atoms with E-state index < -0.39 is 11.6 Å². The number of hydrogen-bond donors (Lipinski definition) is 2. The van der Waals surface area contributed by atoms with E-state index in [1.807, 2.05) is 12.1 Å². The van der Waals surface area contributed by atoms with E-state index in [4.69, 9.17) is 5.84 Å². The van der Waals surface area contributed by atoms with Crippen LogP contribution in [-0.2, 0) is 12.8 Å². The fraction of sp³-hybridized carbons (Fsp3) is 0.294. The lowest BCUT2D eigenvalue weighted by Gasteiger charge is -2.24. The van der Waals surface area contributed by atoms with Gasteiger partial charge in [-0.15, -0.1) is 0 Å². The zero-order valence-electron chi connectivity index (χ0n) is 11.7. The molecule has 0 saturated carbocycles. The molecule has 1 aliphatic carbocycles. The van der Waals surface area contributed by atoms with Gasteiger partial charge in [0.25, 0.3) is 0 Å². The summed E-state index contributed by atoms with van der Waals surface area (Å²) in [4.78, 5) is 0. The maximum absolute atomic E-state index is 13.8. The van der Waals surface area contributed by atoms with Crippen molar-refractivity contribution in [1.29, 1.82) is 0 Å². The summed E-state index contributed by atoms with van der Waals surface area (Å²) in [6, 6.07) is 12.4. The largest absolute Gasteiger partial charge is 0.271 e. The quantitative estimate of drug-likeness (QED) is 0.670. The van der Waals surface area contributed by atoms with Gasteiger partial charge in [0.05, 0.1) is 0 Å². The van der Waals surface area contributed by atoms with E-state index >= 15 is 0 Å². The zero-order valence-corrected chi connectivity index (χ0v) is 11.7. The van der Waals surface area contributed by atoms with Gasteiger partial charge in [-0.2, -0.15) is 0 Å². The number of aryl methyl sites for hydroxylation is 1.